The molecule has 0 unspecified atom stereocenters. The van der Waals surface area contributed by atoms with Gasteiger partial charge >= 0.3 is 0 Å². The van der Waals surface area contributed by atoms with Gasteiger partial charge in [0.1, 0.15) is 13.2 Å². The van der Waals surface area contributed by atoms with Gasteiger partial charge in [-0.2, -0.15) is 0 Å². The molecule has 2 aromatic carbocycles. The highest BCUT2D eigenvalue weighted by Gasteiger charge is 2.17. The first-order chi connectivity index (χ1) is 13.6. The first kappa shape index (κ1) is 18.8. The molecule has 0 bridgehead atoms. The molecular formula is C21H19ClN2O3S. The molecule has 7 heteroatoms. The van der Waals surface area contributed by atoms with Gasteiger partial charge in [0.05, 0.1) is 22.1 Å². The van der Waals surface area contributed by atoms with Crippen LogP contribution in [-0.2, 0) is 17.8 Å². The van der Waals surface area contributed by atoms with Gasteiger partial charge in [0.2, 0.25) is 5.91 Å². The molecule has 1 aliphatic heterocycles. The Kier molecular flexibility index (Phi) is 5.50. The summed E-state index contributed by atoms with van der Waals surface area (Å²) in [5.74, 6) is 1.14. The molecule has 1 aliphatic rings. The summed E-state index contributed by atoms with van der Waals surface area (Å²) in [6.45, 7) is 3.35. The van der Waals surface area contributed by atoms with Crippen molar-refractivity contribution >= 4 is 28.8 Å². The Balaban J connectivity index is 1.35. The van der Waals surface area contributed by atoms with Gasteiger partial charge in [-0.1, -0.05) is 35.9 Å². The fourth-order valence-electron chi connectivity index (χ4n) is 3.00. The first-order valence-corrected chi connectivity index (χ1v) is 10.2. The number of nitrogens with zero attached hydrogens (tertiary/aromatic N) is 1. The number of aromatic nitrogens is 1. The van der Waals surface area contributed by atoms with E-state index in [4.69, 9.17) is 21.1 Å². The van der Waals surface area contributed by atoms with Crippen molar-refractivity contribution in [2.75, 3.05) is 13.2 Å². The molecule has 4 rings (SSSR count). The summed E-state index contributed by atoms with van der Waals surface area (Å²) >= 11 is 7.86. The SMILES string of the molecule is Cc1nc(-c2ccc(CC(=O)NCc3cc(Cl)c4c(c3)OCCO4)cc2)cs1. The van der Waals surface area contributed by atoms with Gasteiger partial charge in [0.25, 0.3) is 0 Å². The number of carbonyl (C=O) groups is 1. The minimum Gasteiger partial charge on any atom is -0.486 e. The van der Waals surface area contributed by atoms with E-state index in [1.807, 2.05) is 42.6 Å². The molecule has 0 saturated carbocycles. The molecular weight excluding hydrogens is 396 g/mol. The summed E-state index contributed by atoms with van der Waals surface area (Å²) in [4.78, 5) is 16.8. The number of aryl methyl sites for hydroxylation is 1. The smallest absolute Gasteiger partial charge is 0.224 e. The average molecular weight is 415 g/mol. The summed E-state index contributed by atoms with van der Waals surface area (Å²) < 4.78 is 11.1. The Morgan fingerprint density at radius 3 is 2.71 bits per heavy atom. The van der Waals surface area contributed by atoms with E-state index in [0.29, 0.717) is 42.7 Å². The van der Waals surface area contributed by atoms with Crippen molar-refractivity contribution in [2.24, 2.45) is 0 Å². The number of halogens is 1. The lowest BCUT2D eigenvalue weighted by Crippen LogP contribution is -2.24. The van der Waals surface area contributed by atoms with Crippen molar-refractivity contribution < 1.29 is 14.3 Å². The second-order valence-electron chi connectivity index (χ2n) is 6.50. The number of amides is 1. The molecule has 3 aromatic rings. The zero-order valence-electron chi connectivity index (χ0n) is 15.3. The number of benzene rings is 2. The minimum atomic E-state index is -0.0525. The van der Waals surface area contributed by atoms with Gasteiger partial charge in [-0.25, -0.2) is 4.98 Å². The maximum Gasteiger partial charge on any atom is 0.224 e. The Hall–Kier alpha value is -2.57. The fraction of sp³-hybridized carbons (Fsp3) is 0.238. The number of nitrogens with one attached hydrogen (secondary N) is 1. The van der Waals surface area contributed by atoms with Crippen molar-refractivity contribution in [1.29, 1.82) is 0 Å². The summed E-state index contributed by atoms with van der Waals surface area (Å²) in [6.07, 6.45) is 0.314. The van der Waals surface area contributed by atoms with Gasteiger partial charge in [-0.15, -0.1) is 11.3 Å². The summed E-state index contributed by atoms with van der Waals surface area (Å²) in [7, 11) is 0. The van der Waals surface area contributed by atoms with Crippen LogP contribution in [0.4, 0.5) is 0 Å². The summed E-state index contributed by atoms with van der Waals surface area (Å²) in [6, 6.07) is 11.6. The number of rotatable bonds is 5. The highest BCUT2D eigenvalue weighted by atomic mass is 35.5. The third-order valence-electron chi connectivity index (χ3n) is 4.38. The molecule has 0 radical (unpaired) electrons. The van der Waals surface area contributed by atoms with Crippen molar-refractivity contribution in [3.8, 4) is 22.8 Å². The van der Waals surface area contributed by atoms with E-state index in [1.165, 1.54) is 0 Å². The maximum atomic E-state index is 12.3. The highest BCUT2D eigenvalue weighted by Crippen LogP contribution is 2.38. The monoisotopic (exact) mass is 414 g/mol. The lowest BCUT2D eigenvalue weighted by atomic mass is 10.1. The Morgan fingerprint density at radius 2 is 1.96 bits per heavy atom. The molecule has 5 nitrogen and oxygen atoms in total. The first-order valence-electron chi connectivity index (χ1n) is 8.94. The zero-order chi connectivity index (χ0) is 19.5. The van der Waals surface area contributed by atoms with Gasteiger partial charge < -0.3 is 14.8 Å². The molecule has 0 saturated heterocycles. The molecule has 28 heavy (non-hydrogen) atoms. The third-order valence-corrected chi connectivity index (χ3v) is 5.43. The van der Waals surface area contributed by atoms with Gasteiger partial charge in [0.15, 0.2) is 11.5 Å². The van der Waals surface area contributed by atoms with Crippen molar-refractivity contribution in [2.45, 2.75) is 19.9 Å². The molecule has 1 amide bonds. The van der Waals surface area contributed by atoms with Crippen molar-refractivity contribution in [3.63, 3.8) is 0 Å². The number of fused-ring (bicyclic) bond motifs is 1. The topological polar surface area (TPSA) is 60.5 Å². The fourth-order valence-corrected chi connectivity index (χ4v) is 3.91. The molecule has 144 valence electrons. The lowest BCUT2D eigenvalue weighted by Gasteiger charge is -2.20. The molecule has 1 aromatic heterocycles. The number of thiazole rings is 1. The normalized spacial score (nSPS) is 12.6. The van der Waals surface area contributed by atoms with Crippen LogP contribution in [0.2, 0.25) is 5.02 Å². The quantitative estimate of drug-likeness (QED) is 0.672. The predicted molar refractivity (Wildman–Crippen MR) is 110 cm³/mol. The molecule has 2 heterocycles. The zero-order valence-corrected chi connectivity index (χ0v) is 16.9. The van der Waals surface area contributed by atoms with Crippen LogP contribution in [0.25, 0.3) is 11.3 Å². The number of ether oxygens (including phenoxy) is 2. The van der Waals surface area contributed by atoms with Crippen LogP contribution in [0, 0.1) is 6.92 Å². The van der Waals surface area contributed by atoms with Crippen LogP contribution in [0.5, 0.6) is 11.5 Å². The standard InChI is InChI=1S/C21H19ClN2O3S/c1-13-24-18(12-28-13)16-4-2-14(3-5-16)10-20(25)23-11-15-8-17(22)21-19(9-15)26-6-7-27-21/h2-5,8-9,12H,6-7,10-11H2,1H3,(H,23,25). The van der Waals surface area contributed by atoms with E-state index >= 15 is 0 Å². The van der Waals surface area contributed by atoms with E-state index in [9.17, 15) is 4.79 Å². The number of carbonyl (C=O) groups excluding carboxylic acids is 1. The second kappa shape index (κ2) is 8.20. The van der Waals surface area contributed by atoms with Crippen molar-refractivity contribution in [3.05, 3.63) is 62.9 Å². The summed E-state index contributed by atoms with van der Waals surface area (Å²) in [5, 5.41) is 6.50. The lowest BCUT2D eigenvalue weighted by molar-refractivity contribution is -0.120. The highest BCUT2D eigenvalue weighted by molar-refractivity contribution is 7.09. The van der Waals surface area contributed by atoms with Gasteiger partial charge in [0, 0.05) is 17.5 Å². The maximum absolute atomic E-state index is 12.3. The van der Waals surface area contributed by atoms with Crippen LogP contribution < -0.4 is 14.8 Å². The van der Waals surface area contributed by atoms with Crippen LogP contribution in [0.1, 0.15) is 16.1 Å². The van der Waals surface area contributed by atoms with Crippen molar-refractivity contribution in [1.82, 2.24) is 10.3 Å². The summed E-state index contributed by atoms with van der Waals surface area (Å²) in [5.41, 5.74) is 3.85. The van der Waals surface area contributed by atoms with E-state index in [-0.39, 0.29) is 5.91 Å². The van der Waals surface area contributed by atoms with E-state index in [0.717, 1.165) is 27.4 Å². The van der Waals surface area contributed by atoms with Crippen LogP contribution in [0.15, 0.2) is 41.8 Å². The van der Waals surface area contributed by atoms with Gasteiger partial charge in [-0.05, 0) is 30.2 Å². The van der Waals surface area contributed by atoms with E-state index in [2.05, 4.69) is 10.3 Å². The Labute approximate surface area is 172 Å². The molecule has 0 atom stereocenters. The Bertz CT molecular complexity index is 1000. The third kappa shape index (κ3) is 4.29. The van der Waals surface area contributed by atoms with Crippen LogP contribution >= 0.6 is 22.9 Å². The molecule has 0 fully saturated rings. The average Bonchev–Trinajstić information content (AvgIpc) is 3.13. The predicted octanol–water partition coefficient (Wildman–Crippen LogP) is 4.40. The van der Waals surface area contributed by atoms with Gasteiger partial charge in [-0.3, -0.25) is 4.79 Å². The minimum absolute atomic E-state index is 0.0525. The number of hydrogen-bond donors (Lipinski definition) is 1. The Morgan fingerprint density at radius 1 is 1.18 bits per heavy atom. The largest absolute Gasteiger partial charge is 0.486 e. The second-order valence-corrected chi connectivity index (χ2v) is 7.97. The number of hydrogen-bond acceptors (Lipinski definition) is 5. The van der Waals surface area contributed by atoms with E-state index in [1.54, 1.807) is 17.4 Å². The molecule has 1 N–H and O–H groups in total. The van der Waals surface area contributed by atoms with Crippen LogP contribution in [-0.4, -0.2) is 24.1 Å². The molecule has 0 spiro atoms. The van der Waals surface area contributed by atoms with E-state index < -0.39 is 0 Å². The molecule has 0 aliphatic carbocycles. The van der Waals surface area contributed by atoms with Crippen LogP contribution in [0.3, 0.4) is 0 Å².